The summed E-state index contributed by atoms with van der Waals surface area (Å²) in [5.41, 5.74) is 1.93. The summed E-state index contributed by atoms with van der Waals surface area (Å²) in [5, 5.41) is 0. The highest BCUT2D eigenvalue weighted by atomic mass is 32.1. The minimum Gasteiger partial charge on any atom is -0.290 e. The molecule has 0 aliphatic carbocycles. The number of imidazole rings is 1. The molecule has 2 nitrogen and oxygen atoms in total. The lowest BCUT2D eigenvalue weighted by atomic mass is 10.1. The molecule has 0 aliphatic heterocycles. The number of benzene rings is 2. The fourth-order valence-electron chi connectivity index (χ4n) is 2.27. The van der Waals surface area contributed by atoms with Crippen LogP contribution in [0.4, 0.5) is 8.78 Å². The van der Waals surface area contributed by atoms with Crippen LogP contribution in [0.25, 0.3) is 26.4 Å². The van der Waals surface area contributed by atoms with Crippen LogP contribution >= 0.6 is 11.3 Å². The van der Waals surface area contributed by atoms with Gasteiger partial charge in [0, 0.05) is 11.8 Å². The maximum atomic E-state index is 13.8. The van der Waals surface area contributed by atoms with Crippen molar-refractivity contribution in [3.05, 3.63) is 60.3 Å². The van der Waals surface area contributed by atoms with Gasteiger partial charge in [0.25, 0.3) is 0 Å². The maximum absolute atomic E-state index is 13.8. The van der Waals surface area contributed by atoms with Gasteiger partial charge in [-0.25, -0.2) is 13.8 Å². The van der Waals surface area contributed by atoms with Crippen LogP contribution < -0.4 is 0 Å². The summed E-state index contributed by atoms with van der Waals surface area (Å²) in [6.45, 7) is 0. The van der Waals surface area contributed by atoms with Crippen LogP contribution in [-0.2, 0) is 0 Å². The van der Waals surface area contributed by atoms with Crippen molar-refractivity contribution in [1.29, 1.82) is 0 Å². The Morgan fingerprint density at radius 1 is 1.05 bits per heavy atom. The first-order valence-electron chi connectivity index (χ1n) is 6.04. The highest BCUT2D eigenvalue weighted by molar-refractivity contribution is 7.23. The Morgan fingerprint density at radius 2 is 1.90 bits per heavy atom. The predicted molar refractivity (Wildman–Crippen MR) is 75.9 cm³/mol. The van der Waals surface area contributed by atoms with E-state index in [0.29, 0.717) is 11.3 Å². The van der Waals surface area contributed by atoms with Crippen molar-refractivity contribution >= 4 is 26.5 Å². The van der Waals surface area contributed by atoms with Gasteiger partial charge in [-0.05, 0) is 30.3 Å². The van der Waals surface area contributed by atoms with Gasteiger partial charge in [0.2, 0.25) is 0 Å². The normalized spacial score (nSPS) is 11.5. The number of fused-ring (bicyclic) bond motifs is 3. The molecule has 0 saturated carbocycles. The molecule has 0 saturated heterocycles. The molecule has 2 aromatic heterocycles. The van der Waals surface area contributed by atoms with E-state index in [1.807, 2.05) is 4.40 Å². The van der Waals surface area contributed by atoms with Gasteiger partial charge in [0.15, 0.2) is 4.96 Å². The van der Waals surface area contributed by atoms with Crippen molar-refractivity contribution in [3.8, 4) is 11.3 Å². The Hall–Kier alpha value is -2.27. The smallest absolute Gasteiger partial charge is 0.195 e. The third-order valence-electron chi connectivity index (χ3n) is 3.21. The van der Waals surface area contributed by atoms with Crippen LogP contribution in [0.15, 0.2) is 48.7 Å². The number of aromatic nitrogens is 2. The largest absolute Gasteiger partial charge is 0.290 e. The van der Waals surface area contributed by atoms with Gasteiger partial charge < -0.3 is 0 Å². The molecule has 0 fully saturated rings. The molecule has 0 atom stereocenters. The number of halogens is 2. The molecule has 0 amide bonds. The van der Waals surface area contributed by atoms with Crippen molar-refractivity contribution in [2.45, 2.75) is 0 Å². The minimum absolute atomic E-state index is 0.267. The molecule has 0 aliphatic rings. The first-order valence-corrected chi connectivity index (χ1v) is 6.86. The van der Waals surface area contributed by atoms with Gasteiger partial charge >= 0.3 is 0 Å². The van der Waals surface area contributed by atoms with Crippen LogP contribution in [0, 0.1) is 11.6 Å². The van der Waals surface area contributed by atoms with Crippen molar-refractivity contribution in [1.82, 2.24) is 9.38 Å². The Kier molecular flexibility index (Phi) is 2.37. The van der Waals surface area contributed by atoms with Crippen LogP contribution in [0.2, 0.25) is 0 Å². The fourth-order valence-corrected chi connectivity index (χ4v) is 3.31. The molecule has 0 spiro atoms. The topological polar surface area (TPSA) is 17.3 Å². The molecule has 4 aromatic rings. The number of hydrogen-bond donors (Lipinski definition) is 0. The van der Waals surface area contributed by atoms with E-state index in [1.54, 1.807) is 30.5 Å². The van der Waals surface area contributed by atoms with E-state index in [0.717, 1.165) is 15.2 Å². The van der Waals surface area contributed by atoms with Crippen LogP contribution in [0.1, 0.15) is 0 Å². The summed E-state index contributed by atoms with van der Waals surface area (Å²) in [6, 6.07) is 11.1. The highest BCUT2D eigenvalue weighted by Crippen LogP contribution is 2.30. The maximum Gasteiger partial charge on any atom is 0.195 e. The summed E-state index contributed by atoms with van der Waals surface area (Å²) in [5.74, 6) is -0.565. The van der Waals surface area contributed by atoms with Crippen molar-refractivity contribution in [2.75, 3.05) is 0 Å². The van der Waals surface area contributed by atoms with Crippen molar-refractivity contribution in [2.24, 2.45) is 0 Å². The average molecular weight is 286 g/mol. The van der Waals surface area contributed by atoms with Gasteiger partial charge in [-0.3, -0.25) is 4.40 Å². The number of hydrogen-bond acceptors (Lipinski definition) is 2. The SMILES string of the molecule is Fc1ccc2c(c1)sc1nc(-c3ccccc3F)cn12. The lowest BCUT2D eigenvalue weighted by Crippen LogP contribution is -1.83. The minimum atomic E-state index is -0.298. The Balaban J connectivity index is 1.98. The van der Waals surface area contributed by atoms with Gasteiger partial charge in [-0.15, -0.1) is 0 Å². The van der Waals surface area contributed by atoms with Crippen LogP contribution in [-0.4, -0.2) is 9.38 Å². The molecule has 98 valence electrons. The molecule has 20 heavy (non-hydrogen) atoms. The summed E-state index contributed by atoms with van der Waals surface area (Å²) >= 11 is 1.39. The van der Waals surface area contributed by atoms with Gasteiger partial charge in [-0.2, -0.15) is 0 Å². The van der Waals surface area contributed by atoms with E-state index in [1.165, 1.54) is 29.5 Å². The second-order valence-electron chi connectivity index (χ2n) is 4.47. The van der Waals surface area contributed by atoms with E-state index in [9.17, 15) is 8.78 Å². The second-order valence-corrected chi connectivity index (χ2v) is 5.48. The lowest BCUT2D eigenvalue weighted by molar-refractivity contribution is 0.630. The molecule has 0 bridgehead atoms. The van der Waals surface area contributed by atoms with Crippen LogP contribution in [0.3, 0.4) is 0 Å². The van der Waals surface area contributed by atoms with Crippen molar-refractivity contribution in [3.63, 3.8) is 0 Å². The Morgan fingerprint density at radius 3 is 2.75 bits per heavy atom. The zero-order valence-electron chi connectivity index (χ0n) is 10.2. The van der Waals surface area contributed by atoms with E-state index < -0.39 is 0 Å². The first kappa shape index (κ1) is 11.5. The van der Waals surface area contributed by atoms with E-state index in [-0.39, 0.29) is 11.6 Å². The summed E-state index contributed by atoms with van der Waals surface area (Å²) in [4.78, 5) is 5.16. The zero-order chi connectivity index (χ0) is 13.7. The predicted octanol–water partition coefficient (Wildman–Crippen LogP) is 4.49. The second kappa shape index (κ2) is 4.11. The highest BCUT2D eigenvalue weighted by Gasteiger charge is 2.12. The van der Waals surface area contributed by atoms with Gasteiger partial charge in [0.1, 0.15) is 11.6 Å². The van der Waals surface area contributed by atoms with Gasteiger partial charge in [0.05, 0.1) is 15.9 Å². The molecule has 0 N–H and O–H groups in total. The lowest BCUT2D eigenvalue weighted by Gasteiger charge is -1.97. The third kappa shape index (κ3) is 1.63. The summed E-state index contributed by atoms with van der Waals surface area (Å²) in [7, 11) is 0. The molecule has 2 aromatic carbocycles. The number of thiazole rings is 1. The molecule has 4 rings (SSSR count). The van der Waals surface area contributed by atoms with Gasteiger partial charge in [-0.1, -0.05) is 23.5 Å². The fraction of sp³-hybridized carbons (Fsp3) is 0. The molecule has 2 heterocycles. The molecule has 0 radical (unpaired) electrons. The quantitative estimate of drug-likeness (QED) is 0.504. The third-order valence-corrected chi connectivity index (χ3v) is 4.22. The number of rotatable bonds is 1. The van der Waals surface area contributed by atoms with Crippen molar-refractivity contribution < 1.29 is 8.78 Å². The molecule has 0 unspecified atom stereocenters. The van der Waals surface area contributed by atoms with E-state index >= 15 is 0 Å². The monoisotopic (exact) mass is 286 g/mol. The standard InChI is InChI=1S/C15H8F2N2S/c16-9-5-6-13-14(7-9)20-15-18-12(8-19(13)15)10-3-1-2-4-11(10)17/h1-8H. The zero-order valence-corrected chi connectivity index (χ0v) is 11.0. The number of nitrogens with zero attached hydrogens (tertiary/aromatic N) is 2. The Labute approximate surface area is 116 Å². The first-order chi connectivity index (χ1) is 9.72. The molecule has 5 heteroatoms. The van der Waals surface area contributed by atoms with E-state index in [2.05, 4.69) is 4.98 Å². The molecular weight excluding hydrogens is 278 g/mol. The summed E-state index contributed by atoms with van der Waals surface area (Å²) in [6.07, 6.45) is 1.78. The summed E-state index contributed by atoms with van der Waals surface area (Å²) < 4.78 is 29.7. The molecular formula is C15H8F2N2S. The van der Waals surface area contributed by atoms with E-state index in [4.69, 9.17) is 0 Å². The average Bonchev–Trinajstić information content (AvgIpc) is 2.96. The Bertz CT molecular complexity index is 940. The van der Waals surface area contributed by atoms with Crippen LogP contribution in [0.5, 0.6) is 0 Å².